The molecule has 1 aromatic rings. The van der Waals surface area contributed by atoms with Gasteiger partial charge in [0.1, 0.15) is 0 Å². The van der Waals surface area contributed by atoms with Crippen molar-refractivity contribution in [3.8, 4) is 0 Å². The Morgan fingerprint density at radius 3 is 2.53 bits per heavy atom. The SMILES string of the molecule is CC(C)c1[c-]c(CN2CCCCC2)ccc1.[Li+]. The molecule has 0 radical (unpaired) electrons. The molecule has 0 amide bonds. The van der Waals surface area contributed by atoms with Gasteiger partial charge in [-0.15, -0.1) is 5.56 Å². The molecule has 0 spiro atoms. The molecule has 0 aliphatic carbocycles. The second kappa shape index (κ2) is 7.26. The summed E-state index contributed by atoms with van der Waals surface area (Å²) in [5.41, 5.74) is 2.70. The van der Waals surface area contributed by atoms with Gasteiger partial charge in [-0.1, -0.05) is 20.3 Å². The summed E-state index contributed by atoms with van der Waals surface area (Å²) in [6.45, 7) is 8.08. The third-order valence-corrected chi connectivity index (χ3v) is 3.34. The first kappa shape index (κ1) is 14.8. The van der Waals surface area contributed by atoms with Crippen molar-refractivity contribution < 1.29 is 18.9 Å². The Bertz CT molecular complexity index is 329. The van der Waals surface area contributed by atoms with Crippen molar-refractivity contribution in [1.82, 2.24) is 4.90 Å². The Balaban J connectivity index is 0.00000144. The van der Waals surface area contributed by atoms with Crippen molar-refractivity contribution in [2.45, 2.75) is 45.6 Å². The van der Waals surface area contributed by atoms with Crippen molar-refractivity contribution in [1.29, 1.82) is 0 Å². The number of likely N-dealkylation sites (tertiary alicyclic amines) is 1. The molecule has 1 aromatic carbocycles. The van der Waals surface area contributed by atoms with Gasteiger partial charge in [0.15, 0.2) is 0 Å². The van der Waals surface area contributed by atoms with E-state index in [9.17, 15) is 0 Å². The fourth-order valence-corrected chi connectivity index (χ4v) is 2.32. The molecule has 2 rings (SSSR count). The maximum absolute atomic E-state index is 3.55. The van der Waals surface area contributed by atoms with Crippen LogP contribution in [0.1, 0.15) is 50.2 Å². The van der Waals surface area contributed by atoms with Crippen molar-refractivity contribution in [3.63, 3.8) is 0 Å². The second-order valence-corrected chi connectivity index (χ2v) is 5.12. The Hall–Kier alpha value is -0.223. The number of nitrogens with zero attached hydrogens (tertiary/aromatic N) is 1. The van der Waals surface area contributed by atoms with Gasteiger partial charge in [0, 0.05) is 6.54 Å². The van der Waals surface area contributed by atoms with Crippen molar-refractivity contribution in [3.05, 3.63) is 35.4 Å². The Morgan fingerprint density at radius 2 is 1.88 bits per heavy atom. The zero-order chi connectivity index (χ0) is 11.4. The fourth-order valence-electron chi connectivity index (χ4n) is 2.32. The quantitative estimate of drug-likeness (QED) is 0.536. The Kier molecular flexibility index (Phi) is 6.34. The summed E-state index contributed by atoms with van der Waals surface area (Å²) >= 11 is 0. The number of rotatable bonds is 3. The third kappa shape index (κ3) is 4.51. The van der Waals surface area contributed by atoms with Crippen LogP contribution in [0.3, 0.4) is 0 Å². The van der Waals surface area contributed by atoms with Gasteiger partial charge in [0.05, 0.1) is 0 Å². The first-order valence-electron chi connectivity index (χ1n) is 6.49. The zero-order valence-electron chi connectivity index (χ0n) is 11.5. The Morgan fingerprint density at radius 1 is 1.18 bits per heavy atom. The topological polar surface area (TPSA) is 3.24 Å². The molecule has 0 saturated carbocycles. The van der Waals surface area contributed by atoms with Crippen molar-refractivity contribution in [2.24, 2.45) is 0 Å². The van der Waals surface area contributed by atoms with E-state index in [0.717, 1.165) is 6.54 Å². The van der Waals surface area contributed by atoms with E-state index in [1.54, 1.807) is 0 Å². The van der Waals surface area contributed by atoms with E-state index >= 15 is 0 Å². The average molecular weight is 223 g/mol. The summed E-state index contributed by atoms with van der Waals surface area (Å²) in [7, 11) is 0. The molecule has 0 N–H and O–H groups in total. The van der Waals surface area contributed by atoms with Gasteiger partial charge in [0.2, 0.25) is 0 Å². The minimum atomic E-state index is 0. The van der Waals surface area contributed by atoms with Crippen molar-refractivity contribution in [2.75, 3.05) is 13.1 Å². The van der Waals surface area contributed by atoms with Crippen LogP contribution in [0, 0.1) is 6.07 Å². The van der Waals surface area contributed by atoms with Crippen LogP contribution in [0.4, 0.5) is 0 Å². The monoisotopic (exact) mass is 223 g/mol. The minimum Gasteiger partial charge on any atom is -0.301 e. The predicted octanol–water partition coefficient (Wildman–Crippen LogP) is 0.600. The standard InChI is InChI=1S/C15H22N.Li/c1-13(2)15-8-6-7-14(11-15)12-16-9-4-3-5-10-16;/h6-8,13H,3-5,9-10,12H2,1-2H3;/q-1;+1. The number of hydrogen-bond acceptors (Lipinski definition) is 1. The van der Waals surface area contributed by atoms with Crippen LogP contribution in [-0.2, 0) is 6.54 Å². The molecule has 17 heavy (non-hydrogen) atoms. The number of benzene rings is 1. The fraction of sp³-hybridized carbons (Fsp3) is 0.600. The smallest absolute Gasteiger partial charge is 0.301 e. The maximum Gasteiger partial charge on any atom is 1.00 e. The van der Waals surface area contributed by atoms with Crippen LogP contribution < -0.4 is 18.9 Å². The average Bonchev–Trinajstić information content (AvgIpc) is 2.30. The van der Waals surface area contributed by atoms with Gasteiger partial charge in [0.25, 0.3) is 0 Å². The number of hydrogen-bond donors (Lipinski definition) is 0. The molecule has 88 valence electrons. The van der Waals surface area contributed by atoms with E-state index in [0.29, 0.717) is 5.92 Å². The van der Waals surface area contributed by atoms with Crippen LogP contribution in [0.2, 0.25) is 0 Å². The molecule has 2 heteroatoms. The first-order valence-corrected chi connectivity index (χ1v) is 6.49. The van der Waals surface area contributed by atoms with Crippen LogP contribution in [-0.4, -0.2) is 18.0 Å². The van der Waals surface area contributed by atoms with E-state index < -0.39 is 0 Å². The van der Waals surface area contributed by atoms with E-state index in [1.165, 1.54) is 43.5 Å². The van der Waals surface area contributed by atoms with E-state index in [4.69, 9.17) is 0 Å². The van der Waals surface area contributed by atoms with E-state index in [2.05, 4.69) is 43.0 Å². The predicted molar refractivity (Wildman–Crippen MR) is 68.5 cm³/mol. The van der Waals surface area contributed by atoms with Gasteiger partial charge in [-0.05, 0) is 31.8 Å². The molecule has 1 saturated heterocycles. The molecule has 1 aliphatic rings. The largest absolute Gasteiger partial charge is 1.00 e. The van der Waals surface area contributed by atoms with Crippen LogP contribution in [0.25, 0.3) is 0 Å². The van der Waals surface area contributed by atoms with Gasteiger partial charge < -0.3 is 4.90 Å². The molecule has 1 nitrogen and oxygen atoms in total. The van der Waals surface area contributed by atoms with E-state index in [1.807, 2.05) is 0 Å². The molecule has 0 atom stereocenters. The van der Waals surface area contributed by atoms with Gasteiger partial charge in [-0.2, -0.15) is 29.8 Å². The summed E-state index contributed by atoms with van der Waals surface area (Å²) in [4.78, 5) is 2.56. The molecule has 0 unspecified atom stereocenters. The molecular weight excluding hydrogens is 201 g/mol. The van der Waals surface area contributed by atoms with E-state index in [-0.39, 0.29) is 18.9 Å². The summed E-state index contributed by atoms with van der Waals surface area (Å²) in [5.74, 6) is 0.585. The summed E-state index contributed by atoms with van der Waals surface area (Å²) in [5, 5.41) is 0. The summed E-state index contributed by atoms with van der Waals surface area (Å²) < 4.78 is 0. The number of piperidine rings is 1. The van der Waals surface area contributed by atoms with Crippen molar-refractivity contribution >= 4 is 0 Å². The first-order chi connectivity index (χ1) is 7.75. The van der Waals surface area contributed by atoms with Gasteiger partial charge >= 0.3 is 18.9 Å². The maximum atomic E-state index is 3.55. The van der Waals surface area contributed by atoms with Gasteiger partial charge in [-0.25, -0.2) is 0 Å². The van der Waals surface area contributed by atoms with Crippen LogP contribution in [0.5, 0.6) is 0 Å². The third-order valence-electron chi connectivity index (χ3n) is 3.34. The van der Waals surface area contributed by atoms with Crippen LogP contribution in [0.15, 0.2) is 18.2 Å². The summed E-state index contributed by atoms with van der Waals surface area (Å²) in [6, 6.07) is 10.1. The molecule has 1 heterocycles. The molecule has 1 fully saturated rings. The zero-order valence-corrected chi connectivity index (χ0v) is 11.5. The molecule has 0 aromatic heterocycles. The van der Waals surface area contributed by atoms with Crippen LogP contribution >= 0.6 is 0 Å². The van der Waals surface area contributed by atoms with Gasteiger partial charge in [-0.3, -0.25) is 0 Å². The summed E-state index contributed by atoms with van der Waals surface area (Å²) in [6.07, 6.45) is 4.14. The molecule has 0 bridgehead atoms. The second-order valence-electron chi connectivity index (χ2n) is 5.12. The minimum absolute atomic E-state index is 0. The Labute approximate surface area is 118 Å². The molecule has 1 aliphatic heterocycles. The normalized spacial score (nSPS) is 16.9. The molecular formula is C15H22LiN.